The van der Waals surface area contributed by atoms with Crippen LogP contribution in [0.3, 0.4) is 0 Å². The van der Waals surface area contributed by atoms with Crippen molar-refractivity contribution in [3.8, 4) is 11.1 Å². The Labute approximate surface area is 295 Å². The molecule has 5 heterocycles. The number of furan rings is 2. The van der Waals surface area contributed by atoms with E-state index in [1.807, 2.05) is 84.4 Å². The Bertz CT molecular complexity index is 3080. The van der Waals surface area contributed by atoms with Gasteiger partial charge in [0.1, 0.15) is 34.3 Å². The Morgan fingerprint density at radius 1 is 0.549 bits per heavy atom. The standard InChI is InChI=1S/C44H26N4O2S/c1-2-10-25(11-3-1)42-46-43(26-20-21-28-27-12-5-7-19-37(27)51-38(28)22-26)48-44(47-42)31-15-9-18-36-40(31)33-24-45-23-32(41(33)50-36)29-14-8-17-35-39(29)30-13-4-6-16-34(30)49-35/h1-24,43H,(H,46,47,48). The molecule has 0 saturated heterocycles. The van der Waals surface area contributed by atoms with Crippen molar-refractivity contribution in [2.24, 2.45) is 9.98 Å². The fourth-order valence-corrected chi connectivity index (χ4v) is 8.67. The zero-order chi connectivity index (χ0) is 33.5. The summed E-state index contributed by atoms with van der Waals surface area (Å²) in [5.74, 6) is 1.40. The summed E-state index contributed by atoms with van der Waals surface area (Å²) in [5, 5.41) is 10.2. The molecule has 4 aromatic heterocycles. The number of thiophene rings is 1. The van der Waals surface area contributed by atoms with E-state index in [-0.39, 0.29) is 6.17 Å². The van der Waals surface area contributed by atoms with Gasteiger partial charge in [0.15, 0.2) is 5.84 Å². The van der Waals surface area contributed by atoms with Crippen LogP contribution in [-0.2, 0) is 0 Å². The minimum Gasteiger partial charge on any atom is -0.456 e. The minimum atomic E-state index is -0.351. The molecular weight excluding hydrogens is 649 g/mol. The summed E-state index contributed by atoms with van der Waals surface area (Å²) in [6.07, 6.45) is 3.43. The second kappa shape index (κ2) is 11.0. The zero-order valence-electron chi connectivity index (χ0n) is 27.0. The molecule has 0 fully saturated rings. The largest absolute Gasteiger partial charge is 0.456 e. The van der Waals surface area contributed by atoms with E-state index in [0.29, 0.717) is 5.84 Å². The molecule has 7 heteroatoms. The monoisotopic (exact) mass is 674 g/mol. The first kappa shape index (κ1) is 28.3. The van der Waals surface area contributed by atoms with Crippen LogP contribution < -0.4 is 5.32 Å². The second-order valence-electron chi connectivity index (χ2n) is 12.8. The quantitative estimate of drug-likeness (QED) is 0.202. The van der Waals surface area contributed by atoms with Gasteiger partial charge in [0, 0.05) is 70.8 Å². The van der Waals surface area contributed by atoms with E-state index in [4.69, 9.17) is 23.8 Å². The lowest BCUT2D eigenvalue weighted by Gasteiger charge is -2.24. The maximum Gasteiger partial charge on any atom is 0.159 e. The normalized spacial score (nSPS) is 14.9. The van der Waals surface area contributed by atoms with Crippen molar-refractivity contribution in [2.45, 2.75) is 6.17 Å². The minimum absolute atomic E-state index is 0.351. The van der Waals surface area contributed by atoms with Crippen LogP contribution in [0.4, 0.5) is 0 Å². The number of aromatic nitrogens is 1. The number of nitrogens with zero attached hydrogens (tertiary/aromatic N) is 3. The van der Waals surface area contributed by atoms with Gasteiger partial charge in [0.05, 0.1) is 0 Å². The van der Waals surface area contributed by atoms with E-state index in [2.05, 4.69) is 78.1 Å². The van der Waals surface area contributed by atoms with Crippen LogP contribution in [0.1, 0.15) is 22.9 Å². The van der Waals surface area contributed by atoms with E-state index >= 15 is 0 Å². The fourth-order valence-electron chi connectivity index (χ4n) is 7.51. The molecule has 11 rings (SSSR count). The SMILES string of the molecule is c1ccc(C2=NC(c3ccc4c(c3)sc3ccccc34)NC(c3cccc4oc5c(-c6cccc7oc8ccccc8c67)cncc5c34)=N2)cc1. The molecule has 10 aromatic rings. The van der Waals surface area contributed by atoms with Crippen LogP contribution in [-0.4, -0.2) is 16.7 Å². The molecule has 0 saturated carbocycles. The summed E-state index contributed by atoms with van der Waals surface area (Å²) in [6, 6.07) is 45.8. The summed E-state index contributed by atoms with van der Waals surface area (Å²) < 4.78 is 15.5. The first-order valence-electron chi connectivity index (χ1n) is 16.9. The highest BCUT2D eigenvalue weighted by Crippen LogP contribution is 2.42. The topological polar surface area (TPSA) is 75.9 Å². The number of nitrogens with one attached hydrogen (secondary N) is 1. The first-order valence-corrected chi connectivity index (χ1v) is 17.7. The smallest absolute Gasteiger partial charge is 0.159 e. The second-order valence-corrected chi connectivity index (χ2v) is 13.9. The van der Waals surface area contributed by atoms with Crippen molar-refractivity contribution in [1.82, 2.24) is 10.3 Å². The Morgan fingerprint density at radius 3 is 2.18 bits per heavy atom. The van der Waals surface area contributed by atoms with Gasteiger partial charge in [-0.25, -0.2) is 9.98 Å². The van der Waals surface area contributed by atoms with E-state index in [9.17, 15) is 0 Å². The molecule has 0 radical (unpaired) electrons. The van der Waals surface area contributed by atoms with E-state index < -0.39 is 0 Å². The molecule has 51 heavy (non-hydrogen) atoms. The van der Waals surface area contributed by atoms with Gasteiger partial charge in [-0.3, -0.25) is 4.98 Å². The van der Waals surface area contributed by atoms with Crippen molar-refractivity contribution in [1.29, 1.82) is 0 Å². The average Bonchev–Trinajstić information content (AvgIpc) is 3.89. The van der Waals surface area contributed by atoms with Crippen LogP contribution in [0.25, 0.3) is 75.2 Å². The molecule has 0 spiro atoms. The predicted octanol–water partition coefficient (Wildman–Crippen LogP) is 11.4. The number of para-hydroxylation sites is 1. The number of pyridine rings is 1. The molecule has 0 bridgehead atoms. The zero-order valence-corrected chi connectivity index (χ0v) is 27.8. The van der Waals surface area contributed by atoms with Gasteiger partial charge in [0.25, 0.3) is 0 Å². The number of rotatable bonds is 4. The molecule has 1 atom stereocenters. The molecule has 0 amide bonds. The fraction of sp³-hybridized carbons (Fsp3) is 0.0227. The third-order valence-corrected chi connectivity index (χ3v) is 11.0. The van der Waals surface area contributed by atoms with Crippen LogP contribution in [0.2, 0.25) is 0 Å². The molecule has 6 nitrogen and oxygen atoms in total. The van der Waals surface area contributed by atoms with Crippen molar-refractivity contribution in [3.63, 3.8) is 0 Å². The van der Waals surface area contributed by atoms with Crippen LogP contribution in [0, 0.1) is 0 Å². The van der Waals surface area contributed by atoms with Crippen LogP contribution in [0.15, 0.2) is 165 Å². The van der Waals surface area contributed by atoms with Crippen molar-refractivity contribution >= 4 is 87.1 Å². The summed E-state index contributed by atoms with van der Waals surface area (Å²) in [4.78, 5) is 15.1. The molecule has 0 aliphatic carbocycles. The number of hydrogen-bond acceptors (Lipinski definition) is 7. The summed E-state index contributed by atoms with van der Waals surface area (Å²) in [7, 11) is 0. The highest BCUT2D eigenvalue weighted by atomic mass is 32.1. The third kappa shape index (κ3) is 4.38. The molecular formula is C44H26N4O2S. The lowest BCUT2D eigenvalue weighted by Crippen LogP contribution is -2.33. The van der Waals surface area contributed by atoms with Gasteiger partial charge >= 0.3 is 0 Å². The molecule has 1 N–H and O–H groups in total. The summed E-state index contributed by atoms with van der Waals surface area (Å²) in [5.41, 5.74) is 8.09. The van der Waals surface area contributed by atoms with Gasteiger partial charge in [-0.05, 0) is 41.5 Å². The van der Waals surface area contributed by atoms with Crippen LogP contribution >= 0.6 is 11.3 Å². The van der Waals surface area contributed by atoms with Crippen LogP contribution in [0.5, 0.6) is 0 Å². The molecule has 1 aliphatic rings. The Morgan fingerprint density at radius 2 is 1.27 bits per heavy atom. The van der Waals surface area contributed by atoms with Gasteiger partial charge in [0.2, 0.25) is 0 Å². The number of amidine groups is 2. The lowest BCUT2D eigenvalue weighted by molar-refractivity contribution is 0.668. The number of hydrogen-bond donors (Lipinski definition) is 1. The van der Waals surface area contributed by atoms with Crippen molar-refractivity contribution < 1.29 is 8.83 Å². The highest BCUT2D eigenvalue weighted by Gasteiger charge is 2.25. The summed E-state index contributed by atoms with van der Waals surface area (Å²) in [6.45, 7) is 0. The van der Waals surface area contributed by atoms with Crippen molar-refractivity contribution in [2.75, 3.05) is 0 Å². The Hall–Kier alpha value is -6.57. The molecule has 1 unspecified atom stereocenters. The number of aliphatic imine (C=N–C) groups is 2. The number of benzene rings is 6. The predicted molar refractivity (Wildman–Crippen MR) is 209 cm³/mol. The molecule has 6 aromatic carbocycles. The third-order valence-electron chi connectivity index (χ3n) is 9.85. The Balaban J connectivity index is 1.09. The first-order chi connectivity index (χ1) is 25.3. The maximum absolute atomic E-state index is 6.72. The highest BCUT2D eigenvalue weighted by molar-refractivity contribution is 7.25. The van der Waals surface area contributed by atoms with Gasteiger partial charge in [-0.1, -0.05) is 103 Å². The number of fused-ring (bicyclic) bond motifs is 9. The average molecular weight is 675 g/mol. The van der Waals surface area contributed by atoms with Gasteiger partial charge < -0.3 is 14.2 Å². The Kier molecular flexibility index (Phi) is 6.08. The van der Waals surface area contributed by atoms with Crippen molar-refractivity contribution in [3.05, 3.63) is 163 Å². The van der Waals surface area contributed by atoms with E-state index in [1.165, 1.54) is 20.2 Å². The van der Waals surface area contributed by atoms with Gasteiger partial charge in [-0.15, -0.1) is 11.3 Å². The molecule has 240 valence electrons. The maximum atomic E-state index is 6.72. The van der Waals surface area contributed by atoms with Gasteiger partial charge in [-0.2, -0.15) is 0 Å². The lowest BCUT2D eigenvalue weighted by atomic mass is 9.98. The van der Waals surface area contributed by atoms with E-state index in [1.54, 1.807) is 0 Å². The summed E-state index contributed by atoms with van der Waals surface area (Å²) >= 11 is 1.81. The molecule has 1 aliphatic heterocycles. The van der Waals surface area contributed by atoms with E-state index in [0.717, 1.165) is 77.5 Å².